The van der Waals surface area contributed by atoms with Crippen LogP contribution in [-0.2, 0) is 7.05 Å². The Kier molecular flexibility index (Phi) is 7.00. The van der Waals surface area contributed by atoms with Crippen LogP contribution in [0, 0.1) is 5.41 Å². The Hall–Kier alpha value is -2.99. The number of benzene rings is 2. The van der Waals surface area contributed by atoms with Crippen molar-refractivity contribution < 1.29 is 4.74 Å². The number of hydrogen-bond acceptors (Lipinski definition) is 5. The molecule has 3 rings (SSSR count). The molecule has 5 nitrogen and oxygen atoms in total. The first-order valence-corrected chi connectivity index (χ1v) is 10.9. The molecule has 0 unspecified atom stereocenters. The highest BCUT2D eigenvalue weighted by Crippen LogP contribution is 2.37. The molecule has 3 aromatic rings. The molecule has 0 bridgehead atoms. The molecule has 156 valence electrons. The maximum absolute atomic E-state index is 12.8. The van der Waals surface area contributed by atoms with Crippen LogP contribution in [0.15, 0.2) is 58.5 Å². The van der Waals surface area contributed by atoms with Gasteiger partial charge in [0.25, 0.3) is 5.56 Å². The second-order valence-corrected chi connectivity index (χ2v) is 8.11. The first kappa shape index (κ1) is 21.7. The number of allylic oxidation sites excluding steroid dienone is 1. The zero-order chi connectivity index (χ0) is 21.7. The summed E-state index contributed by atoms with van der Waals surface area (Å²) in [6, 6.07) is 11.9. The number of ether oxygens (including phenoxy) is 1. The minimum absolute atomic E-state index is 0.0497. The number of pyridine rings is 1. The molecule has 0 radical (unpaired) electrons. The van der Waals surface area contributed by atoms with Gasteiger partial charge in [0, 0.05) is 59.7 Å². The third kappa shape index (κ3) is 4.28. The number of hydrogen-bond donors (Lipinski definition) is 2. The van der Waals surface area contributed by atoms with E-state index in [1.807, 2.05) is 37.4 Å². The monoisotopic (exact) mass is 421 g/mol. The lowest BCUT2D eigenvalue weighted by atomic mass is 9.96. The highest BCUT2D eigenvalue weighted by Gasteiger charge is 2.15. The fourth-order valence-electron chi connectivity index (χ4n) is 3.48. The van der Waals surface area contributed by atoms with Gasteiger partial charge in [0.2, 0.25) is 0 Å². The first-order valence-electron chi connectivity index (χ1n) is 9.95. The fraction of sp³-hybridized carbons (Fsp3) is 0.250. The van der Waals surface area contributed by atoms with Crippen LogP contribution >= 0.6 is 11.8 Å². The van der Waals surface area contributed by atoms with Gasteiger partial charge in [0.1, 0.15) is 5.75 Å². The number of thioether (sulfide) groups is 1. The minimum Gasteiger partial charge on any atom is -0.493 e. The van der Waals surface area contributed by atoms with Crippen molar-refractivity contribution in [3.05, 3.63) is 64.7 Å². The largest absolute Gasteiger partial charge is 0.493 e. The van der Waals surface area contributed by atoms with E-state index in [0.717, 1.165) is 44.0 Å². The Balaban J connectivity index is 2.36. The summed E-state index contributed by atoms with van der Waals surface area (Å²) in [7, 11) is 3.57. The molecule has 30 heavy (non-hydrogen) atoms. The smallest absolute Gasteiger partial charge is 0.258 e. The molecule has 1 heterocycles. The minimum atomic E-state index is -0.0497. The van der Waals surface area contributed by atoms with Crippen molar-refractivity contribution in [3.8, 4) is 16.9 Å². The van der Waals surface area contributed by atoms with Gasteiger partial charge in [-0.2, -0.15) is 0 Å². The number of rotatable bonds is 8. The van der Waals surface area contributed by atoms with Crippen LogP contribution in [0.1, 0.15) is 19.4 Å². The van der Waals surface area contributed by atoms with E-state index in [2.05, 4.69) is 24.4 Å². The van der Waals surface area contributed by atoms with Gasteiger partial charge >= 0.3 is 0 Å². The molecule has 0 saturated carbocycles. The molecule has 6 heteroatoms. The van der Waals surface area contributed by atoms with Crippen LogP contribution in [0.4, 0.5) is 0 Å². The van der Waals surface area contributed by atoms with E-state index in [1.165, 1.54) is 6.21 Å². The van der Waals surface area contributed by atoms with Crippen molar-refractivity contribution in [2.24, 2.45) is 7.05 Å². The van der Waals surface area contributed by atoms with Crippen LogP contribution < -0.4 is 15.6 Å². The van der Waals surface area contributed by atoms with E-state index < -0.39 is 0 Å². The van der Waals surface area contributed by atoms with Gasteiger partial charge in [0.05, 0.1) is 6.61 Å². The summed E-state index contributed by atoms with van der Waals surface area (Å²) in [5, 5.41) is 12.2. The molecular weight excluding hydrogens is 394 g/mol. The summed E-state index contributed by atoms with van der Waals surface area (Å²) >= 11 is 1.77. The summed E-state index contributed by atoms with van der Waals surface area (Å²) in [5.74, 6) is 1.77. The van der Waals surface area contributed by atoms with E-state index in [9.17, 15) is 4.79 Å². The number of aryl methyl sites for hydroxylation is 1. The standard InChI is InChI=1S/C24H27N3O2S/c1-5-29-23-10-8-18(30-6-2)12-21(23)22-15-27(4)24(28)19-9-7-16(11-20(19)22)17(13-25)14-26-3/h7-15,25-26H,5-6H2,1-4H3/b17-14+,25-13?. The van der Waals surface area contributed by atoms with E-state index >= 15 is 0 Å². The Bertz CT molecular complexity index is 1170. The molecule has 0 aliphatic rings. The van der Waals surface area contributed by atoms with Crippen molar-refractivity contribution in [1.29, 1.82) is 5.41 Å². The normalized spacial score (nSPS) is 11.5. The average Bonchev–Trinajstić information content (AvgIpc) is 2.75. The zero-order valence-electron chi connectivity index (χ0n) is 17.8. The van der Waals surface area contributed by atoms with Crippen molar-refractivity contribution in [3.63, 3.8) is 0 Å². The Morgan fingerprint density at radius 1 is 1.17 bits per heavy atom. The van der Waals surface area contributed by atoms with Gasteiger partial charge in [-0.25, -0.2) is 0 Å². The Morgan fingerprint density at radius 2 is 1.97 bits per heavy atom. The van der Waals surface area contributed by atoms with Gasteiger partial charge in [-0.3, -0.25) is 4.79 Å². The lowest BCUT2D eigenvalue weighted by molar-refractivity contribution is 0.341. The fourth-order valence-corrected chi connectivity index (χ4v) is 4.18. The number of nitrogens with zero attached hydrogens (tertiary/aromatic N) is 1. The van der Waals surface area contributed by atoms with Crippen molar-refractivity contribution >= 4 is 34.3 Å². The molecule has 0 atom stereocenters. The molecule has 2 N–H and O–H groups in total. The average molecular weight is 422 g/mol. The number of aromatic nitrogens is 1. The van der Waals surface area contributed by atoms with Crippen LogP contribution in [0.3, 0.4) is 0 Å². The summed E-state index contributed by atoms with van der Waals surface area (Å²) < 4.78 is 7.55. The SMILES string of the molecule is CCOc1ccc(SCC)cc1-c1cn(C)c(=O)c2ccc(/C(C=N)=C/NC)cc12. The van der Waals surface area contributed by atoms with E-state index in [4.69, 9.17) is 10.1 Å². The van der Waals surface area contributed by atoms with Crippen LogP contribution in [-0.4, -0.2) is 30.2 Å². The molecule has 0 aliphatic heterocycles. The maximum atomic E-state index is 12.8. The molecule has 0 saturated heterocycles. The Labute approximate surface area is 181 Å². The van der Waals surface area contributed by atoms with Crippen LogP contribution in [0.25, 0.3) is 27.5 Å². The summed E-state index contributed by atoms with van der Waals surface area (Å²) in [4.78, 5) is 14.0. The second kappa shape index (κ2) is 9.67. The van der Waals surface area contributed by atoms with E-state index in [-0.39, 0.29) is 5.56 Å². The molecule has 0 amide bonds. The van der Waals surface area contributed by atoms with Gasteiger partial charge in [-0.05, 0) is 54.0 Å². The molecule has 0 fully saturated rings. The van der Waals surface area contributed by atoms with Crippen LogP contribution in [0.2, 0.25) is 0 Å². The molecule has 0 spiro atoms. The molecule has 2 aromatic carbocycles. The molecule has 1 aromatic heterocycles. The summed E-state index contributed by atoms with van der Waals surface area (Å²) in [6.07, 6.45) is 4.96. The summed E-state index contributed by atoms with van der Waals surface area (Å²) in [6.45, 7) is 4.65. The van der Waals surface area contributed by atoms with Crippen molar-refractivity contribution in [1.82, 2.24) is 9.88 Å². The third-order valence-corrected chi connectivity index (χ3v) is 5.70. The molecular formula is C24H27N3O2S. The highest BCUT2D eigenvalue weighted by atomic mass is 32.2. The third-order valence-electron chi connectivity index (χ3n) is 4.82. The van der Waals surface area contributed by atoms with Crippen LogP contribution in [0.5, 0.6) is 5.75 Å². The highest BCUT2D eigenvalue weighted by molar-refractivity contribution is 7.99. The van der Waals surface area contributed by atoms with Gasteiger partial charge in [-0.1, -0.05) is 13.0 Å². The van der Waals surface area contributed by atoms with Crippen molar-refractivity contribution in [2.45, 2.75) is 18.7 Å². The number of nitrogens with one attached hydrogen (secondary N) is 2. The number of fused-ring (bicyclic) bond motifs is 1. The predicted octanol–water partition coefficient (Wildman–Crippen LogP) is 4.93. The predicted molar refractivity (Wildman–Crippen MR) is 128 cm³/mol. The maximum Gasteiger partial charge on any atom is 0.258 e. The zero-order valence-corrected chi connectivity index (χ0v) is 18.6. The quantitative estimate of drug-likeness (QED) is 0.400. The van der Waals surface area contributed by atoms with Gasteiger partial charge < -0.3 is 20.0 Å². The Morgan fingerprint density at radius 3 is 2.63 bits per heavy atom. The van der Waals surface area contributed by atoms with Gasteiger partial charge in [0.15, 0.2) is 0 Å². The second-order valence-electron chi connectivity index (χ2n) is 6.78. The van der Waals surface area contributed by atoms with Gasteiger partial charge in [-0.15, -0.1) is 11.8 Å². The lowest BCUT2D eigenvalue weighted by Gasteiger charge is -2.16. The molecule has 0 aliphatic carbocycles. The first-order chi connectivity index (χ1) is 14.5. The van der Waals surface area contributed by atoms with E-state index in [0.29, 0.717) is 12.0 Å². The topological polar surface area (TPSA) is 67.1 Å². The lowest BCUT2D eigenvalue weighted by Crippen LogP contribution is -2.16. The van der Waals surface area contributed by atoms with Crippen molar-refractivity contribution in [2.75, 3.05) is 19.4 Å². The summed E-state index contributed by atoms with van der Waals surface area (Å²) in [5.41, 5.74) is 3.46. The van der Waals surface area contributed by atoms with E-state index in [1.54, 1.807) is 36.6 Å².